The molecule has 5 heteroatoms. The number of carbonyl (C=O) groups is 1. The number of aliphatic hydroxyl groups is 1. The molecule has 1 aliphatic heterocycles. The molecule has 0 aromatic rings. The summed E-state index contributed by atoms with van der Waals surface area (Å²) >= 11 is 0. The Bertz CT molecular complexity index is 280. The maximum absolute atomic E-state index is 13.6. The summed E-state index contributed by atoms with van der Waals surface area (Å²) < 4.78 is 18.9. The number of nitrogens with zero attached hydrogens (tertiary/aromatic N) is 1. The minimum atomic E-state index is -1.20. The molecule has 1 N–H and O–H groups in total. The van der Waals surface area contributed by atoms with E-state index in [1.165, 1.54) is 6.92 Å². The van der Waals surface area contributed by atoms with E-state index in [0.29, 0.717) is 25.9 Å². The third-order valence-corrected chi connectivity index (χ3v) is 3.10. The van der Waals surface area contributed by atoms with Crippen LogP contribution in [0.15, 0.2) is 0 Å². The van der Waals surface area contributed by atoms with Crippen molar-refractivity contribution in [2.45, 2.75) is 58.4 Å². The molecule has 0 radical (unpaired) electrons. The van der Waals surface area contributed by atoms with Crippen LogP contribution in [0.25, 0.3) is 0 Å². The lowest BCUT2D eigenvalue weighted by atomic mass is 9.90. The molecule has 1 aliphatic rings. The number of halogens is 1. The molecule has 2 unspecified atom stereocenters. The average molecular weight is 261 g/mol. The van der Waals surface area contributed by atoms with Crippen LogP contribution in [0, 0.1) is 5.92 Å². The largest absolute Gasteiger partial charge is 0.444 e. The van der Waals surface area contributed by atoms with Crippen LogP contribution >= 0.6 is 0 Å². The maximum atomic E-state index is 13.6. The van der Waals surface area contributed by atoms with Gasteiger partial charge in [0.1, 0.15) is 11.8 Å². The molecule has 106 valence electrons. The van der Waals surface area contributed by atoms with E-state index in [9.17, 15) is 14.3 Å². The number of piperidine rings is 1. The van der Waals surface area contributed by atoms with E-state index >= 15 is 0 Å². The lowest BCUT2D eigenvalue weighted by molar-refractivity contribution is 0.00246. The number of hydrogen-bond acceptors (Lipinski definition) is 3. The van der Waals surface area contributed by atoms with E-state index in [1.54, 1.807) is 4.90 Å². The predicted octanol–water partition coefficient (Wildman–Crippen LogP) is 2.35. The number of aliphatic hydroxyl groups excluding tert-OH is 1. The van der Waals surface area contributed by atoms with Crippen LogP contribution in [0.2, 0.25) is 0 Å². The van der Waals surface area contributed by atoms with Crippen LogP contribution in [0.1, 0.15) is 40.5 Å². The van der Waals surface area contributed by atoms with Gasteiger partial charge in [-0.2, -0.15) is 0 Å². The quantitative estimate of drug-likeness (QED) is 0.830. The van der Waals surface area contributed by atoms with Gasteiger partial charge in [0.05, 0.1) is 6.10 Å². The highest BCUT2D eigenvalue weighted by Gasteiger charge is 2.32. The summed E-state index contributed by atoms with van der Waals surface area (Å²) in [6, 6.07) is 0. The second-order valence-corrected chi connectivity index (χ2v) is 5.99. The standard InChI is InChI=1S/C13H24FNO3/c1-9(16)11(14)10-5-7-15(8-6-10)12(17)18-13(2,3)4/h9-11,16H,5-8H2,1-4H3. The molecular formula is C13H24FNO3. The van der Waals surface area contributed by atoms with Crippen molar-refractivity contribution in [2.24, 2.45) is 5.92 Å². The summed E-state index contributed by atoms with van der Waals surface area (Å²) in [6.45, 7) is 7.92. The Balaban J connectivity index is 2.42. The Morgan fingerprint density at radius 3 is 2.28 bits per heavy atom. The van der Waals surface area contributed by atoms with Gasteiger partial charge in [0.2, 0.25) is 0 Å². The van der Waals surface area contributed by atoms with Crippen molar-refractivity contribution in [3.63, 3.8) is 0 Å². The van der Waals surface area contributed by atoms with Gasteiger partial charge in [0, 0.05) is 13.1 Å². The molecule has 2 atom stereocenters. The third-order valence-electron chi connectivity index (χ3n) is 3.10. The zero-order valence-electron chi connectivity index (χ0n) is 11.6. The Morgan fingerprint density at radius 2 is 1.89 bits per heavy atom. The SMILES string of the molecule is CC(O)C(F)C1CCN(C(=O)OC(C)(C)C)CC1. The van der Waals surface area contributed by atoms with Gasteiger partial charge in [-0.1, -0.05) is 0 Å². The van der Waals surface area contributed by atoms with Crippen molar-refractivity contribution in [3.8, 4) is 0 Å². The normalized spacial score (nSPS) is 21.6. The lowest BCUT2D eigenvalue weighted by Gasteiger charge is -2.35. The highest BCUT2D eigenvalue weighted by atomic mass is 19.1. The minimum absolute atomic E-state index is 0.163. The molecule has 1 rings (SSSR count). The first-order valence-corrected chi connectivity index (χ1v) is 6.51. The molecule has 0 spiro atoms. The summed E-state index contributed by atoms with van der Waals surface area (Å²) in [5, 5.41) is 9.22. The van der Waals surface area contributed by atoms with Crippen molar-refractivity contribution < 1.29 is 19.0 Å². The van der Waals surface area contributed by atoms with E-state index in [4.69, 9.17) is 4.74 Å². The van der Waals surface area contributed by atoms with Gasteiger partial charge in [0.25, 0.3) is 0 Å². The van der Waals surface area contributed by atoms with Gasteiger partial charge in [-0.15, -0.1) is 0 Å². The minimum Gasteiger partial charge on any atom is -0.444 e. The molecular weight excluding hydrogens is 237 g/mol. The number of ether oxygens (including phenoxy) is 1. The van der Waals surface area contributed by atoms with Crippen molar-refractivity contribution in [2.75, 3.05) is 13.1 Å². The van der Waals surface area contributed by atoms with E-state index in [0.717, 1.165) is 0 Å². The Hall–Kier alpha value is -0.840. The molecule has 0 saturated carbocycles. The number of hydrogen-bond donors (Lipinski definition) is 1. The smallest absolute Gasteiger partial charge is 0.410 e. The Morgan fingerprint density at radius 1 is 1.39 bits per heavy atom. The van der Waals surface area contributed by atoms with Crippen LogP contribution < -0.4 is 0 Å². The summed E-state index contributed by atoms with van der Waals surface area (Å²) in [5.41, 5.74) is -0.504. The molecule has 0 aromatic heterocycles. The van der Waals surface area contributed by atoms with Crippen molar-refractivity contribution in [1.29, 1.82) is 0 Å². The van der Waals surface area contributed by atoms with Crippen molar-refractivity contribution in [1.82, 2.24) is 4.90 Å². The molecule has 1 saturated heterocycles. The van der Waals surface area contributed by atoms with Crippen molar-refractivity contribution in [3.05, 3.63) is 0 Å². The second kappa shape index (κ2) is 5.87. The van der Waals surface area contributed by atoms with Gasteiger partial charge < -0.3 is 14.7 Å². The number of rotatable bonds is 2. The zero-order valence-corrected chi connectivity index (χ0v) is 11.6. The fourth-order valence-electron chi connectivity index (χ4n) is 2.12. The van der Waals surface area contributed by atoms with Crippen LogP contribution in [0.5, 0.6) is 0 Å². The lowest BCUT2D eigenvalue weighted by Crippen LogP contribution is -2.44. The van der Waals surface area contributed by atoms with Crippen LogP contribution in [-0.4, -0.2) is 47.1 Å². The second-order valence-electron chi connectivity index (χ2n) is 5.99. The number of likely N-dealkylation sites (tertiary alicyclic amines) is 1. The van der Waals surface area contributed by atoms with Gasteiger partial charge in [0.15, 0.2) is 0 Å². The molecule has 0 aromatic carbocycles. The summed E-state index contributed by atoms with van der Waals surface area (Å²) in [6.07, 6.45) is -1.33. The zero-order chi connectivity index (χ0) is 13.9. The average Bonchev–Trinajstić information content (AvgIpc) is 2.26. The van der Waals surface area contributed by atoms with Crippen LogP contribution in [0.3, 0.4) is 0 Å². The summed E-state index contributed by atoms with van der Waals surface area (Å²) in [7, 11) is 0. The van der Waals surface area contributed by atoms with Gasteiger partial charge >= 0.3 is 6.09 Å². The number of alkyl halides is 1. The third kappa shape index (κ3) is 4.44. The predicted molar refractivity (Wildman–Crippen MR) is 67.1 cm³/mol. The van der Waals surface area contributed by atoms with Crippen LogP contribution in [-0.2, 0) is 4.74 Å². The summed E-state index contributed by atoms with van der Waals surface area (Å²) in [5.74, 6) is -0.163. The Kier molecular flexibility index (Phi) is 4.96. The highest BCUT2D eigenvalue weighted by Crippen LogP contribution is 2.25. The van der Waals surface area contributed by atoms with E-state index in [2.05, 4.69) is 0 Å². The molecule has 4 nitrogen and oxygen atoms in total. The topological polar surface area (TPSA) is 49.8 Å². The fraction of sp³-hybridized carbons (Fsp3) is 0.923. The van der Waals surface area contributed by atoms with Gasteiger partial charge in [-0.3, -0.25) is 0 Å². The van der Waals surface area contributed by atoms with Gasteiger partial charge in [-0.25, -0.2) is 9.18 Å². The maximum Gasteiger partial charge on any atom is 0.410 e. The van der Waals surface area contributed by atoms with E-state index in [-0.39, 0.29) is 12.0 Å². The summed E-state index contributed by atoms with van der Waals surface area (Å²) in [4.78, 5) is 13.4. The molecule has 1 amide bonds. The Labute approximate surface area is 108 Å². The first-order chi connectivity index (χ1) is 8.20. The molecule has 1 fully saturated rings. The first-order valence-electron chi connectivity index (χ1n) is 6.51. The van der Waals surface area contributed by atoms with Crippen molar-refractivity contribution >= 4 is 6.09 Å². The fourth-order valence-corrected chi connectivity index (χ4v) is 2.12. The highest BCUT2D eigenvalue weighted by molar-refractivity contribution is 5.68. The molecule has 1 heterocycles. The monoisotopic (exact) mass is 261 g/mol. The van der Waals surface area contributed by atoms with Gasteiger partial charge in [-0.05, 0) is 46.5 Å². The number of carbonyl (C=O) groups excluding carboxylic acids is 1. The van der Waals surface area contributed by atoms with E-state index in [1.807, 2.05) is 20.8 Å². The first kappa shape index (κ1) is 15.2. The van der Waals surface area contributed by atoms with E-state index < -0.39 is 17.9 Å². The molecule has 0 aliphatic carbocycles. The number of amides is 1. The van der Waals surface area contributed by atoms with Crippen LogP contribution in [0.4, 0.5) is 9.18 Å². The molecule has 0 bridgehead atoms. The molecule has 18 heavy (non-hydrogen) atoms.